The molecule has 1 amide bonds. The monoisotopic (exact) mass is 334 g/mol. The highest BCUT2D eigenvalue weighted by Crippen LogP contribution is 2.35. The van der Waals surface area contributed by atoms with Gasteiger partial charge in [0.05, 0.1) is 5.41 Å². The molecule has 126 valence electrons. The van der Waals surface area contributed by atoms with Crippen molar-refractivity contribution >= 4 is 17.5 Å². The molecule has 0 saturated carbocycles. The zero-order valence-corrected chi connectivity index (χ0v) is 14.9. The van der Waals surface area contributed by atoms with Gasteiger partial charge < -0.3 is 10.2 Å². The fourth-order valence-corrected chi connectivity index (χ4v) is 4.41. The number of carbonyl (C=O) groups is 1. The van der Waals surface area contributed by atoms with Gasteiger partial charge in [-0.25, -0.2) is 0 Å². The molecule has 4 heteroatoms. The Bertz CT molecular complexity index is 553. The zero-order valence-electron chi connectivity index (χ0n) is 14.1. The van der Waals surface area contributed by atoms with E-state index in [0.717, 1.165) is 42.9 Å². The first-order valence-electron chi connectivity index (χ1n) is 8.90. The lowest BCUT2D eigenvalue weighted by Crippen LogP contribution is -2.49. The smallest absolute Gasteiger partial charge is 0.233 e. The predicted octanol–water partition coefficient (Wildman–Crippen LogP) is 3.75. The number of likely N-dealkylation sites (tertiary alicyclic amines) is 1. The lowest BCUT2D eigenvalue weighted by Gasteiger charge is -2.37. The molecule has 2 aliphatic heterocycles. The van der Waals surface area contributed by atoms with E-state index in [2.05, 4.69) is 24.1 Å². The topological polar surface area (TPSA) is 32.3 Å². The molecule has 1 aromatic carbocycles. The van der Waals surface area contributed by atoms with Crippen LogP contribution in [0.4, 0.5) is 0 Å². The first-order valence-corrected chi connectivity index (χ1v) is 9.28. The Labute approximate surface area is 144 Å². The first-order chi connectivity index (χ1) is 11.1. The standard InChI is InChI=1S/C19H27ClN2O/c1-3-19(4-2,14-5-7-15(20)8-6-14)18(23)22-12-11-16-9-10-17(13-22)21-16/h5-8,16-17,21H,3-4,9-13H2,1-2H3. The first kappa shape index (κ1) is 16.8. The van der Waals surface area contributed by atoms with Crippen molar-refractivity contribution in [2.45, 2.75) is 63.5 Å². The number of hydrogen-bond acceptors (Lipinski definition) is 2. The molecular formula is C19H27ClN2O. The van der Waals surface area contributed by atoms with E-state index in [9.17, 15) is 4.79 Å². The number of fused-ring (bicyclic) bond motifs is 2. The quantitative estimate of drug-likeness (QED) is 0.909. The zero-order chi connectivity index (χ0) is 16.4. The second-order valence-electron chi connectivity index (χ2n) is 6.97. The summed E-state index contributed by atoms with van der Waals surface area (Å²) in [6.45, 7) is 5.98. The fourth-order valence-electron chi connectivity index (χ4n) is 4.28. The van der Waals surface area contributed by atoms with Gasteiger partial charge in [-0.15, -0.1) is 0 Å². The van der Waals surface area contributed by atoms with Crippen LogP contribution in [0.3, 0.4) is 0 Å². The molecule has 1 aromatic rings. The van der Waals surface area contributed by atoms with Crippen LogP contribution < -0.4 is 5.32 Å². The van der Waals surface area contributed by atoms with Crippen LogP contribution in [0.2, 0.25) is 5.02 Å². The molecule has 0 spiro atoms. The lowest BCUT2D eigenvalue weighted by atomic mass is 9.74. The molecule has 2 aliphatic rings. The van der Waals surface area contributed by atoms with Gasteiger partial charge in [0.2, 0.25) is 5.91 Å². The molecular weight excluding hydrogens is 308 g/mol. The normalized spacial score (nSPS) is 24.6. The molecule has 0 aliphatic carbocycles. The van der Waals surface area contributed by atoms with Crippen molar-refractivity contribution in [3.8, 4) is 0 Å². The van der Waals surface area contributed by atoms with Crippen molar-refractivity contribution in [3.63, 3.8) is 0 Å². The molecule has 2 atom stereocenters. The third kappa shape index (κ3) is 3.14. The van der Waals surface area contributed by atoms with Crippen LogP contribution in [0.15, 0.2) is 24.3 Å². The summed E-state index contributed by atoms with van der Waals surface area (Å²) in [6.07, 6.45) is 5.17. The highest BCUT2D eigenvalue weighted by atomic mass is 35.5. The number of rotatable bonds is 4. The molecule has 1 N–H and O–H groups in total. The molecule has 0 aromatic heterocycles. The van der Waals surface area contributed by atoms with E-state index in [1.165, 1.54) is 12.8 Å². The average molecular weight is 335 g/mol. The molecule has 2 bridgehead atoms. The minimum absolute atomic E-state index is 0.291. The highest BCUT2D eigenvalue weighted by molar-refractivity contribution is 6.30. The fraction of sp³-hybridized carbons (Fsp3) is 0.632. The molecule has 2 unspecified atom stereocenters. The number of halogens is 1. The van der Waals surface area contributed by atoms with Crippen LogP contribution in [-0.2, 0) is 10.2 Å². The number of benzene rings is 1. The number of carbonyl (C=O) groups excluding carboxylic acids is 1. The van der Waals surface area contributed by atoms with Crippen LogP contribution >= 0.6 is 11.6 Å². The van der Waals surface area contributed by atoms with E-state index in [0.29, 0.717) is 18.0 Å². The van der Waals surface area contributed by atoms with Crippen molar-refractivity contribution in [2.75, 3.05) is 13.1 Å². The Morgan fingerprint density at radius 2 is 1.83 bits per heavy atom. The van der Waals surface area contributed by atoms with Gasteiger partial charge >= 0.3 is 0 Å². The van der Waals surface area contributed by atoms with Crippen LogP contribution in [0.1, 0.15) is 51.5 Å². The van der Waals surface area contributed by atoms with E-state index >= 15 is 0 Å². The van der Waals surface area contributed by atoms with Crippen molar-refractivity contribution in [1.82, 2.24) is 10.2 Å². The summed E-state index contributed by atoms with van der Waals surface area (Å²) >= 11 is 6.04. The van der Waals surface area contributed by atoms with Crippen molar-refractivity contribution in [2.24, 2.45) is 0 Å². The van der Waals surface area contributed by atoms with E-state index in [4.69, 9.17) is 11.6 Å². The minimum atomic E-state index is -0.422. The van der Waals surface area contributed by atoms with Gasteiger partial charge in [0, 0.05) is 30.2 Å². The number of nitrogens with one attached hydrogen (secondary N) is 1. The van der Waals surface area contributed by atoms with Crippen LogP contribution in [-0.4, -0.2) is 36.0 Å². The van der Waals surface area contributed by atoms with Gasteiger partial charge in [0.15, 0.2) is 0 Å². The number of nitrogens with zero attached hydrogens (tertiary/aromatic N) is 1. The second kappa shape index (κ2) is 6.82. The minimum Gasteiger partial charge on any atom is -0.340 e. The molecule has 23 heavy (non-hydrogen) atoms. The predicted molar refractivity (Wildman–Crippen MR) is 94.9 cm³/mol. The van der Waals surface area contributed by atoms with Gasteiger partial charge in [-0.1, -0.05) is 37.6 Å². The van der Waals surface area contributed by atoms with Crippen LogP contribution in [0, 0.1) is 0 Å². The van der Waals surface area contributed by atoms with E-state index < -0.39 is 5.41 Å². The maximum atomic E-state index is 13.5. The summed E-state index contributed by atoms with van der Waals surface area (Å²) < 4.78 is 0. The number of hydrogen-bond donors (Lipinski definition) is 1. The van der Waals surface area contributed by atoms with Gasteiger partial charge in [-0.2, -0.15) is 0 Å². The van der Waals surface area contributed by atoms with Crippen molar-refractivity contribution in [3.05, 3.63) is 34.9 Å². The Hall–Kier alpha value is -1.06. The molecule has 0 radical (unpaired) electrons. The number of amides is 1. The molecule has 2 fully saturated rings. The van der Waals surface area contributed by atoms with E-state index in [1.54, 1.807) is 0 Å². The largest absolute Gasteiger partial charge is 0.340 e. The van der Waals surface area contributed by atoms with E-state index in [-0.39, 0.29) is 0 Å². The SMILES string of the molecule is CCC(CC)(C(=O)N1CCC2CCC(C1)N2)c1ccc(Cl)cc1. The summed E-state index contributed by atoms with van der Waals surface area (Å²) in [5.41, 5.74) is 0.674. The average Bonchev–Trinajstić information content (AvgIpc) is 2.89. The maximum Gasteiger partial charge on any atom is 0.233 e. The molecule has 2 heterocycles. The summed E-state index contributed by atoms with van der Waals surface area (Å²) in [5.74, 6) is 0.291. The third-order valence-electron chi connectivity index (χ3n) is 5.82. The second-order valence-corrected chi connectivity index (χ2v) is 7.41. The maximum absolute atomic E-state index is 13.5. The highest BCUT2D eigenvalue weighted by Gasteiger charge is 2.42. The Balaban J connectivity index is 1.87. The van der Waals surface area contributed by atoms with Gasteiger partial charge in [-0.05, 0) is 49.8 Å². The Morgan fingerprint density at radius 1 is 1.17 bits per heavy atom. The summed E-state index contributed by atoms with van der Waals surface area (Å²) in [7, 11) is 0. The third-order valence-corrected chi connectivity index (χ3v) is 6.08. The van der Waals surface area contributed by atoms with Gasteiger partial charge in [0.25, 0.3) is 0 Å². The van der Waals surface area contributed by atoms with Gasteiger partial charge in [-0.3, -0.25) is 4.79 Å². The summed E-state index contributed by atoms with van der Waals surface area (Å²) in [5, 5.41) is 4.38. The van der Waals surface area contributed by atoms with Crippen molar-refractivity contribution < 1.29 is 4.79 Å². The van der Waals surface area contributed by atoms with Crippen LogP contribution in [0.25, 0.3) is 0 Å². The van der Waals surface area contributed by atoms with Crippen molar-refractivity contribution in [1.29, 1.82) is 0 Å². The Morgan fingerprint density at radius 3 is 2.48 bits per heavy atom. The van der Waals surface area contributed by atoms with E-state index in [1.807, 2.05) is 24.3 Å². The molecule has 3 rings (SSSR count). The molecule has 3 nitrogen and oxygen atoms in total. The summed E-state index contributed by atoms with van der Waals surface area (Å²) in [4.78, 5) is 15.6. The Kier molecular flexibility index (Phi) is 4.98. The van der Waals surface area contributed by atoms with Gasteiger partial charge in [0.1, 0.15) is 0 Å². The lowest BCUT2D eigenvalue weighted by molar-refractivity contribution is -0.138. The summed E-state index contributed by atoms with van der Waals surface area (Å²) in [6, 6.07) is 8.92. The van der Waals surface area contributed by atoms with Crippen LogP contribution in [0.5, 0.6) is 0 Å². The molecule has 2 saturated heterocycles.